The molecular formula is C36H24. The van der Waals surface area contributed by atoms with Gasteiger partial charge in [-0.25, -0.2) is 0 Å². The Bertz CT molecular complexity index is 1820. The Morgan fingerprint density at radius 2 is 0.556 bits per heavy atom. The summed E-state index contributed by atoms with van der Waals surface area (Å²) in [7, 11) is 0. The zero-order valence-corrected chi connectivity index (χ0v) is 19.9. The first kappa shape index (κ1) is 20.7. The number of rotatable bonds is 3. The molecule has 0 saturated heterocycles. The van der Waals surface area contributed by atoms with Crippen LogP contribution in [0.5, 0.6) is 0 Å². The van der Waals surface area contributed by atoms with Crippen molar-refractivity contribution in [2.45, 2.75) is 0 Å². The third-order valence-electron chi connectivity index (χ3n) is 7.27. The third kappa shape index (κ3) is 3.47. The van der Waals surface area contributed by atoms with Gasteiger partial charge in [-0.1, -0.05) is 133 Å². The van der Waals surface area contributed by atoms with Gasteiger partial charge in [0.05, 0.1) is 0 Å². The standard InChI is InChI=1S/C36H24/c1-2-9-25(10-3-1)26-17-19-27(20-18-26)28-11-8-12-29(23-28)30-21-22-35-33-15-5-4-13-31(33)32-14-6-7-16-34(32)36(35)24-30/h1-24H. The molecule has 7 aromatic rings. The maximum Gasteiger partial charge on any atom is -0.00928 e. The summed E-state index contributed by atoms with van der Waals surface area (Å²) in [4.78, 5) is 0. The zero-order chi connectivity index (χ0) is 23.9. The van der Waals surface area contributed by atoms with Crippen molar-refractivity contribution >= 4 is 32.3 Å². The first-order valence-corrected chi connectivity index (χ1v) is 12.4. The van der Waals surface area contributed by atoms with E-state index in [0.29, 0.717) is 0 Å². The minimum atomic E-state index is 1.23. The van der Waals surface area contributed by atoms with E-state index in [-0.39, 0.29) is 0 Å². The van der Waals surface area contributed by atoms with Crippen LogP contribution in [0.2, 0.25) is 0 Å². The van der Waals surface area contributed by atoms with Gasteiger partial charge in [-0.2, -0.15) is 0 Å². The largest absolute Gasteiger partial charge is 0.0622 e. The Morgan fingerprint density at radius 3 is 1.17 bits per heavy atom. The van der Waals surface area contributed by atoms with Gasteiger partial charge >= 0.3 is 0 Å². The molecule has 0 spiro atoms. The van der Waals surface area contributed by atoms with Crippen molar-refractivity contribution in [3.05, 3.63) is 146 Å². The molecule has 0 fully saturated rings. The highest BCUT2D eigenvalue weighted by atomic mass is 14.1. The van der Waals surface area contributed by atoms with Crippen molar-refractivity contribution in [2.75, 3.05) is 0 Å². The van der Waals surface area contributed by atoms with Crippen LogP contribution < -0.4 is 0 Å². The average Bonchev–Trinajstić information content (AvgIpc) is 2.98. The second kappa shape index (κ2) is 8.52. The summed E-state index contributed by atoms with van der Waals surface area (Å²) in [6.45, 7) is 0. The summed E-state index contributed by atoms with van der Waals surface area (Å²) in [5.41, 5.74) is 7.42. The normalized spacial score (nSPS) is 11.3. The van der Waals surface area contributed by atoms with Crippen LogP contribution in [0, 0.1) is 0 Å². The second-order valence-corrected chi connectivity index (χ2v) is 9.38. The molecule has 36 heavy (non-hydrogen) atoms. The van der Waals surface area contributed by atoms with Gasteiger partial charge in [0.25, 0.3) is 0 Å². The van der Waals surface area contributed by atoms with Gasteiger partial charge in [-0.3, -0.25) is 0 Å². The van der Waals surface area contributed by atoms with E-state index in [1.165, 1.54) is 65.7 Å². The van der Waals surface area contributed by atoms with Crippen LogP contribution in [0.15, 0.2) is 146 Å². The zero-order valence-electron chi connectivity index (χ0n) is 19.9. The Hall–Kier alpha value is -4.68. The lowest BCUT2D eigenvalue weighted by atomic mass is 9.91. The van der Waals surface area contributed by atoms with Gasteiger partial charge in [0.1, 0.15) is 0 Å². The first-order chi connectivity index (χ1) is 17.8. The molecule has 0 aromatic heterocycles. The molecule has 0 unspecified atom stereocenters. The predicted molar refractivity (Wildman–Crippen MR) is 155 cm³/mol. The lowest BCUT2D eigenvalue weighted by molar-refractivity contribution is 1.58. The first-order valence-electron chi connectivity index (χ1n) is 12.4. The Kier molecular flexibility index (Phi) is 4.89. The van der Waals surface area contributed by atoms with Crippen LogP contribution in [0.25, 0.3) is 65.7 Å². The molecule has 0 atom stereocenters. The van der Waals surface area contributed by atoms with Crippen LogP contribution >= 0.6 is 0 Å². The minimum absolute atomic E-state index is 1.23. The van der Waals surface area contributed by atoms with Crippen LogP contribution in [-0.2, 0) is 0 Å². The molecule has 0 aliphatic rings. The number of fused-ring (bicyclic) bond motifs is 6. The van der Waals surface area contributed by atoms with E-state index in [9.17, 15) is 0 Å². The van der Waals surface area contributed by atoms with E-state index in [0.717, 1.165) is 0 Å². The molecule has 0 aliphatic heterocycles. The molecule has 0 aliphatic carbocycles. The Balaban J connectivity index is 1.34. The lowest BCUT2D eigenvalue weighted by Gasteiger charge is -2.12. The Labute approximate surface area is 211 Å². The fourth-order valence-corrected chi connectivity index (χ4v) is 5.45. The highest BCUT2D eigenvalue weighted by Crippen LogP contribution is 2.37. The van der Waals surface area contributed by atoms with E-state index < -0.39 is 0 Å². The molecule has 7 rings (SSSR count). The maximum atomic E-state index is 2.36. The van der Waals surface area contributed by atoms with Crippen molar-refractivity contribution in [1.29, 1.82) is 0 Å². The fraction of sp³-hybridized carbons (Fsp3) is 0. The smallest absolute Gasteiger partial charge is 0.00928 e. The van der Waals surface area contributed by atoms with Gasteiger partial charge in [0.2, 0.25) is 0 Å². The van der Waals surface area contributed by atoms with Gasteiger partial charge in [0, 0.05) is 0 Å². The molecule has 0 saturated carbocycles. The van der Waals surface area contributed by atoms with Crippen LogP contribution in [0.4, 0.5) is 0 Å². The molecule has 0 bridgehead atoms. The van der Waals surface area contributed by atoms with Crippen LogP contribution in [0.1, 0.15) is 0 Å². The van der Waals surface area contributed by atoms with Gasteiger partial charge < -0.3 is 0 Å². The van der Waals surface area contributed by atoms with Gasteiger partial charge in [-0.05, 0) is 77.8 Å². The minimum Gasteiger partial charge on any atom is -0.0622 e. The summed E-state index contributed by atoms with van der Waals surface area (Å²) < 4.78 is 0. The molecule has 0 heteroatoms. The summed E-state index contributed by atoms with van der Waals surface area (Å²) >= 11 is 0. The summed E-state index contributed by atoms with van der Waals surface area (Å²) in [5, 5.41) is 7.85. The van der Waals surface area contributed by atoms with Gasteiger partial charge in [0.15, 0.2) is 0 Å². The summed E-state index contributed by atoms with van der Waals surface area (Å²) in [5.74, 6) is 0. The highest BCUT2D eigenvalue weighted by Gasteiger charge is 2.10. The van der Waals surface area contributed by atoms with E-state index in [2.05, 4.69) is 146 Å². The number of hydrogen-bond donors (Lipinski definition) is 0. The van der Waals surface area contributed by atoms with Crippen molar-refractivity contribution in [2.24, 2.45) is 0 Å². The molecule has 168 valence electrons. The van der Waals surface area contributed by atoms with E-state index in [4.69, 9.17) is 0 Å². The van der Waals surface area contributed by atoms with Crippen molar-refractivity contribution in [3.63, 3.8) is 0 Å². The topological polar surface area (TPSA) is 0 Å². The van der Waals surface area contributed by atoms with E-state index >= 15 is 0 Å². The Morgan fingerprint density at radius 1 is 0.194 bits per heavy atom. The van der Waals surface area contributed by atoms with Crippen LogP contribution in [-0.4, -0.2) is 0 Å². The van der Waals surface area contributed by atoms with Crippen LogP contribution in [0.3, 0.4) is 0 Å². The summed E-state index contributed by atoms with van der Waals surface area (Å²) in [6.07, 6.45) is 0. The van der Waals surface area contributed by atoms with Gasteiger partial charge in [-0.15, -0.1) is 0 Å². The van der Waals surface area contributed by atoms with Crippen molar-refractivity contribution < 1.29 is 0 Å². The third-order valence-corrected chi connectivity index (χ3v) is 7.27. The predicted octanol–water partition coefficient (Wildman–Crippen LogP) is 10.1. The monoisotopic (exact) mass is 456 g/mol. The maximum absolute atomic E-state index is 2.36. The lowest BCUT2D eigenvalue weighted by Crippen LogP contribution is -1.86. The fourth-order valence-electron chi connectivity index (χ4n) is 5.45. The molecule has 0 heterocycles. The highest BCUT2D eigenvalue weighted by molar-refractivity contribution is 6.25. The van der Waals surface area contributed by atoms with E-state index in [1.807, 2.05) is 0 Å². The quantitative estimate of drug-likeness (QED) is 0.232. The molecular weight excluding hydrogens is 432 g/mol. The average molecular weight is 457 g/mol. The molecule has 0 nitrogen and oxygen atoms in total. The van der Waals surface area contributed by atoms with E-state index in [1.54, 1.807) is 0 Å². The second-order valence-electron chi connectivity index (χ2n) is 9.38. The van der Waals surface area contributed by atoms with Crippen molar-refractivity contribution in [3.8, 4) is 33.4 Å². The number of hydrogen-bond acceptors (Lipinski definition) is 0. The molecule has 0 amide bonds. The molecule has 0 N–H and O–H groups in total. The molecule has 7 aromatic carbocycles. The SMILES string of the molecule is c1ccc(-c2ccc(-c3cccc(-c4ccc5c6ccccc6c6ccccc6c5c4)c3)cc2)cc1. The summed E-state index contributed by atoms with van der Waals surface area (Å²) in [6, 6.07) is 52.7. The molecule has 0 radical (unpaired) electrons. The number of benzene rings is 7. The van der Waals surface area contributed by atoms with Crippen molar-refractivity contribution in [1.82, 2.24) is 0 Å².